The predicted molar refractivity (Wildman–Crippen MR) is 110 cm³/mol. The summed E-state index contributed by atoms with van der Waals surface area (Å²) in [7, 11) is 0. The molecule has 0 unspecified atom stereocenters. The highest BCUT2D eigenvalue weighted by molar-refractivity contribution is 7.71. The Morgan fingerprint density at radius 1 is 1.07 bits per heavy atom. The second kappa shape index (κ2) is 7.53. The maximum atomic E-state index is 12.3. The lowest BCUT2D eigenvalue weighted by molar-refractivity contribution is 0.720. The van der Waals surface area contributed by atoms with Crippen molar-refractivity contribution in [3.8, 4) is 16.9 Å². The third kappa shape index (κ3) is 3.45. The van der Waals surface area contributed by atoms with Gasteiger partial charge in [0.25, 0.3) is 5.56 Å². The molecule has 1 N–H and O–H groups in total. The molecule has 0 aliphatic carbocycles. The van der Waals surface area contributed by atoms with Crippen LogP contribution in [0.1, 0.15) is 11.3 Å². The highest BCUT2D eigenvalue weighted by atomic mass is 32.1. The van der Waals surface area contributed by atoms with Gasteiger partial charge < -0.3 is 0 Å². The average Bonchev–Trinajstić information content (AvgIpc) is 3.16. The van der Waals surface area contributed by atoms with Crippen LogP contribution in [0.15, 0.2) is 76.8 Å². The summed E-state index contributed by atoms with van der Waals surface area (Å²) in [4.78, 5) is 12.3. The zero-order valence-electron chi connectivity index (χ0n) is 15.0. The van der Waals surface area contributed by atoms with Crippen LogP contribution in [-0.2, 0) is 0 Å². The third-order valence-electron chi connectivity index (χ3n) is 4.14. The largest absolute Gasteiger partial charge is 0.296 e. The molecule has 2 aromatic carbocycles. The monoisotopic (exact) mass is 388 g/mol. The van der Waals surface area contributed by atoms with Crippen molar-refractivity contribution in [2.24, 2.45) is 5.10 Å². The van der Waals surface area contributed by atoms with Gasteiger partial charge in [-0.15, -0.1) is 0 Å². The standard InChI is InChI=1S/C20H16N6OS/c1-14-19(27)26(20(28)23-22-14)21-12-16-13-25(17-10-6-3-7-11-17)24-18(16)15-8-4-2-5-9-15/h2-13H,1H3,(H,23,28)/b21-12-. The van der Waals surface area contributed by atoms with Gasteiger partial charge in [-0.3, -0.25) is 9.89 Å². The van der Waals surface area contributed by atoms with Crippen LogP contribution in [-0.4, -0.2) is 30.9 Å². The third-order valence-corrected chi connectivity index (χ3v) is 4.40. The van der Waals surface area contributed by atoms with Gasteiger partial charge in [-0.25, -0.2) is 4.68 Å². The number of hydrogen-bond acceptors (Lipinski definition) is 5. The average molecular weight is 388 g/mol. The van der Waals surface area contributed by atoms with Crippen LogP contribution in [0.4, 0.5) is 0 Å². The molecule has 0 bridgehead atoms. The van der Waals surface area contributed by atoms with Gasteiger partial charge in [0, 0.05) is 17.3 Å². The van der Waals surface area contributed by atoms with Crippen LogP contribution in [0.3, 0.4) is 0 Å². The van der Waals surface area contributed by atoms with Crippen molar-refractivity contribution in [3.63, 3.8) is 0 Å². The topological polar surface area (TPSA) is 80.9 Å². The SMILES string of the molecule is Cc1n[nH]c(=S)n(/N=C\c2cn(-c3ccccc3)nc2-c2ccccc2)c1=O. The Morgan fingerprint density at radius 2 is 1.75 bits per heavy atom. The van der Waals surface area contributed by atoms with Crippen LogP contribution in [0.25, 0.3) is 16.9 Å². The number of hydrogen-bond donors (Lipinski definition) is 1. The summed E-state index contributed by atoms with van der Waals surface area (Å²) in [5.41, 5.74) is 3.30. The summed E-state index contributed by atoms with van der Waals surface area (Å²) < 4.78 is 3.03. The van der Waals surface area contributed by atoms with Crippen LogP contribution in [0, 0.1) is 11.7 Å². The van der Waals surface area contributed by atoms with Gasteiger partial charge in [0.15, 0.2) is 0 Å². The van der Waals surface area contributed by atoms with E-state index in [4.69, 9.17) is 17.3 Å². The number of H-pyrrole nitrogens is 1. The van der Waals surface area contributed by atoms with Crippen molar-refractivity contribution in [1.82, 2.24) is 24.7 Å². The molecule has 7 nitrogen and oxygen atoms in total. The first kappa shape index (κ1) is 17.7. The molecule has 4 rings (SSSR count). The molecule has 0 radical (unpaired) electrons. The number of nitrogens with zero attached hydrogens (tertiary/aromatic N) is 5. The summed E-state index contributed by atoms with van der Waals surface area (Å²) in [6.07, 6.45) is 3.45. The van der Waals surface area contributed by atoms with Gasteiger partial charge >= 0.3 is 0 Å². The maximum absolute atomic E-state index is 12.3. The zero-order valence-corrected chi connectivity index (χ0v) is 15.8. The van der Waals surface area contributed by atoms with Crippen molar-refractivity contribution in [1.29, 1.82) is 0 Å². The summed E-state index contributed by atoms with van der Waals surface area (Å²) >= 11 is 5.13. The molecule has 0 aliphatic heterocycles. The van der Waals surface area contributed by atoms with Gasteiger partial charge in [0.05, 0.1) is 11.9 Å². The molecule has 0 aliphatic rings. The number of rotatable bonds is 4. The fourth-order valence-corrected chi connectivity index (χ4v) is 2.89. The molecule has 138 valence electrons. The molecule has 4 aromatic rings. The molecular formula is C20H16N6OS. The number of benzene rings is 2. The van der Waals surface area contributed by atoms with Gasteiger partial charge in [-0.05, 0) is 31.3 Å². The van der Waals surface area contributed by atoms with Crippen LogP contribution < -0.4 is 5.56 Å². The van der Waals surface area contributed by atoms with E-state index >= 15 is 0 Å². The second-order valence-corrected chi connectivity index (χ2v) is 6.44. The Labute approximate surface area is 165 Å². The molecule has 0 saturated heterocycles. The minimum atomic E-state index is -0.364. The van der Waals surface area contributed by atoms with E-state index < -0.39 is 0 Å². The molecule has 2 heterocycles. The number of aryl methyl sites for hydroxylation is 1. The molecule has 2 aromatic heterocycles. The van der Waals surface area contributed by atoms with E-state index in [2.05, 4.69) is 15.3 Å². The second-order valence-electron chi connectivity index (χ2n) is 6.05. The van der Waals surface area contributed by atoms with Crippen molar-refractivity contribution in [2.75, 3.05) is 0 Å². The first-order chi connectivity index (χ1) is 13.6. The minimum absolute atomic E-state index is 0.128. The molecule has 28 heavy (non-hydrogen) atoms. The lowest BCUT2D eigenvalue weighted by Crippen LogP contribution is -2.22. The molecule has 0 amide bonds. The predicted octanol–water partition coefficient (Wildman–Crippen LogP) is 3.34. The fourth-order valence-electron chi connectivity index (χ4n) is 2.71. The highest BCUT2D eigenvalue weighted by Gasteiger charge is 2.11. The Morgan fingerprint density at radius 3 is 2.46 bits per heavy atom. The Balaban J connectivity index is 1.84. The number of nitrogens with one attached hydrogen (secondary N) is 1. The Bertz CT molecular complexity index is 1260. The van der Waals surface area contributed by atoms with Crippen LogP contribution in [0.2, 0.25) is 0 Å². The lowest BCUT2D eigenvalue weighted by Gasteiger charge is -2.00. The summed E-state index contributed by atoms with van der Waals surface area (Å²) in [5.74, 6) is 0. The Kier molecular flexibility index (Phi) is 4.77. The van der Waals surface area contributed by atoms with Gasteiger partial charge in [-0.1, -0.05) is 48.5 Å². The van der Waals surface area contributed by atoms with Gasteiger partial charge in [0.1, 0.15) is 11.4 Å². The van der Waals surface area contributed by atoms with Gasteiger partial charge in [-0.2, -0.15) is 20.0 Å². The van der Waals surface area contributed by atoms with E-state index in [9.17, 15) is 4.79 Å². The quantitative estimate of drug-likeness (QED) is 0.429. The fraction of sp³-hybridized carbons (Fsp3) is 0.0500. The Hall–Kier alpha value is -3.65. The molecular weight excluding hydrogens is 372 g/mol. The highest BCUT2D eigenvalue weighted by Crippen LogP contribution is 2.22. The molecule has 0 atom stereocenters. The summed E-state index contributed by atoms with van der Waals surface area (Å²) in [5, 5.41) is 15.5. The van der Waals surface area contributed by atoms with Crippen molar-refractivity contribution < 1.29 is 0 Å². The van der Waals surface area contributed by atoms with E-state index in [1.165, 1.54) is 0 Å². The van der Waals surface area contributed by atoms with E-state index in [1.54, 1.807) is 17.8 Å². The number of aromatic nitrogens is 5. The van der Waals surface area contributed by atoms with Crippen molar-refractivity contribution in [2.45, 2.75) is 6.92 Å². The summed E-state index contributed by atoms with van der Waals surface area (Å²) in [6.45, 7) is 1.60. The molecule has 0 saturated carbocycles. The van der Waals surface area contributed by atoms with E-state index in [0.717, 1.165) is 27.2 Å². The molecule has 0 spiro atoms. The summed E-state index contributed by atoms with van der Waals surface area (Å²) in [6, 6.07) is 19.6. The maximum Gasteiger partial charge on any atom is 0.296 e. The minimum Gasteiger partial charge on any atom is -0.265 e. The van der Waals surface area contributed by atoms with E-state index in [-0.39, 0.29) is 16.0 Å². The van der Waals surface area contributed by atoms with Crippen molar-refractivity contribution in [3.05, 3.63) is 93.2 Å². The first-order valence-electron chi connectivity index (χ1n) is 8.57. The normalized spacial score (nSPS) is 11.2. The van der Waals surface area contributed by atoms with Crippen molar-refractivity contribution >= 4 is 18.4 Å². The smallest absolute Gasteiger partial charge is 0.265 e. The van der Waals surface area contributed by atoms with Crippen LogP contribution >= 0.6 is 12.2 Å². The lowest BCUT2D eigenvalue weighted by atomic mass is 10.1. The molecule has 0 fully saturated rings. The van der Waals surface area contributed by atoms with Gasteiger partial charge in [0.2, 0.25) is 4.77 Å². The van der Waals surface area contributed by atoms with Crippen LogP contribution in [0.5, 0.6) is 0 Å². The van der Waals surface area contributed by atoms with E-state index in [1.807, 2.05) is 66.9 Å². The first-order valence-corrected chi connectivity index (χ1v) is 8.97. The number of aromatic amines is 1. The zero-order chi connectivity index (χ0) is 19.5. The molecule has 8 heteroatoms. The van der Waals surface area contributed by atoms with E-state index in [0.29, 0.717) is 0 Å². The number of para-hydroxylation sites is 1.